The fourth-order valence-corrected chi connectivity index (χ4v) is 3.30. The average Bonchev–Trinajstić information content (AvgIpc) is 3.04. The van der Waals surface area contributed by atoms with Crippen molar-refractivity contribution in [3.63, 3.8) is 0 Å². The summed E-state index contributed by atoms with van der Waals surface area (Å²) in [6.45, 7) is 3.29. The summed E-state index contributed by atoms with van der Waals surface area (Å²) in [5.74, 6) is -0.755. The normalized spacial score (nSPS) is 14.6. The molecule has 22 heavy (non-hydrogen) atoms. The first-order valence-corrected chi connectivity index (χ1v) is 7.95. The topological polar surface area (TPSA) is 41.1 Å². The summed E-state index contributed by atoms with van der Waals surface area (Å²) < 4.78 is 14.5. The molecule has 0 fully saturated rings. The molecular weight excluding hydrogens is 323 g/mol. The predicted octanol–water partition coefficient (Wildman–Crippen LogP) is 3.70. The summed E-state index contributed by atoms with van der Waals surface area (Å²) in [5, 5.41) is 9.81. The number of hydrogen-bond acceptors (Lipinski definition) is 3. The summed E-state index contributed by atoms with van der Waals surface area (Å²) in [6.07, 6.45) is 0.658. The highest BCUT2D eigenvalue weighted by Crippen LogP contribution is 2.26. The molecule has 118 valence electrons. The van der Waals surface area contributed by atoms with E-state index in [1.54, 1.807) is 17.4 Å². The number of nitrogens with one attached hydrogen (secondary N) is 2. The molecule has 2 N–H and O–H groups in total. The molecule has 0 spiro atoms. The van der Waals surface area contributed by atoms with Crippen LogP contribution in [0.5, 0.6) is 0 Å². The minimum Gasteiger partial charge on any atom is -0.323 e. The Balaban J connectivity index is 0.00000176. The summed E-state index contributed by atoms with van der Waals surface area (Å²) in [6, 6.07) is 5.46. The van der Waals surface area contributed by atoms with Crippen molar-refractivity contribution >= 4 is 35.3 Å². The van der Waals surface area contributed by atoms with E-state index in [0.717, 1.165) is 23.2 Å². The molecule has 0 bridgehead atoms. The summed E-state index contributed by atoms with van der Waals surface area (Å²) >= 11 is 1.55. The van der Waals surface area contributed by atoms with E-state index >= 15 is 0 Å². The molecule has 1 amide bonds. The van der Waals surface area contributed by atoms with Gasteiger partial charge in [-0.2, -0.15) is 11.3 Å². The Morgan fingerprint density at radius 3 is 2.95 bits per heavy atom. The monoisotopic (exact) mass is 340 g/mol. The Morgan fingerprint density at radius 1 is 1.41 bits per heavy atom. The molecule has 0 radical (unpaired) electrons. The third-order valence-electron chi connectivity index (χ3n) is 3.90. The van der Waals surface area contributed by atoms with Crippen LogP contribution in [0.3, 0.4) is 0 Å². The Kier molecular flexibility index (Phi) is 5.56. The van der Waals surface area contributed by atoms with Gasteiger partial charge in [0, 0.05) is 6.54 Å². The van der Waals surface area contributed by atoms with Crippen molar-refractivity contribution in [3.8, 4) is 0 Å². The van der Waals surface area contributed by atoms with E-state index in [1.165, 1.54) is 0 Å². The van der Waals surface area contributed by atoms with Crippen LogP contribution in [0, 0.1) is 5.82 Å². The van der Waals surface area contributed by atoms with Crippen molar-refractivity contribution in [3.05, 3.63) is 51.5 Å². The zero-order valence-corrected chi connectivity index (χ0v) is 13.8. The molecule has 3 rings (SSSR count). The number of anilines is 1. The number of benzene rings is 1. The molecule has 0 aliphatic carbocycles. The van der Waals surface area contributed by atoms with E-state index in [9.17, 15) is 9.18 Å². The predicted molar refractivity (Wildman–Crippen MR) is 90.4 cm³/mol. The number of rotatable bonds is 3. The van der Waals surface area contributed by atoms with Crippen LogP contribution >= 0.6 is 23.7 Å². The minimum atomic E-state index is -0.292. The highest BCUT2D eigenvalue weighted by Gasteiger charge is 2.20. The van der Waals surface area contributed by atoms with Gasteiger partial charge in [0.25, 0.3) is 0 Å². The van der Waals surface area contributed by atoms with Crippen molar-refractivity contribution in [2.75, 3.05) is 11.9 Å². The van der Waals surface area contributed by atoms with Crippen molar-refractivity contribution < 1.29 is 9.18 Å². The van der Waals surface area contributed by atoms with E-state index in [4.69, 9.17) is 0 Å². The van der Waals surface area contributed by atoms with Gasteiger partial charge in [0.1, 0.15) is 5.82 Å². The highest BCUT2D eigenvalue weighted by molar-refractivity contribution is 7.08. The number of hydrogen-bond donors (Lipinski definition) is 2. The lowest BCUT2D eigenvalue weighted by Gasteiger charge is -2.20. The summed E-state index contributed by atoms with van der Waals surface area (Å²) in [7, 11) is 0. The number of halogens is 2. The van der Waals surface area contributed by atoms with Gasteiger partial charge in [0.2, 0.25) is 5.91 Å². The zero-order chi connectivity index (χ0) is 14.8. The number of amides is 1. The van der Waals surface area contributed by atoms with Gasteiger partial charge in [0.05, 0.1) is 11.6 Å². The second-order valence-corrected chi connectivity index (χ2v) is 6.04. The van der Waals surface area contributed by atoms with Crippen molar-refractivity contribution in [1.82, 2.24) is 5.32 Å². The first kappa shape index (κ1) is 16.9. The lowest BCUT2D eigenvalue weighted by molar-refractivity contribution is -0.117. The minimum absolute atomic E-state index is 0. The van der Waals surface area contributed by atoms with Crippen LogP contribution in [0.15, 0.2) is 29.0 Å². The van der Waals surface area contributed by atoms with E-state index in [0.29, 0.717) is 13.0 Å². The Hall–Kier alpha value is -1.43. The first-order chi connectivity index (χ1) is 10.2. The number of thiophene rings is 1. The fraction of sp³-hybridized carbons (Fsp3) is 0.312. The number of fused-ring (bicyclic) bond motifs is 1. The van der Waals surface area contributed by atoms with Crippen LogP contribution in [-0.2, 0) is 17.8 Å². The molecule has 1 aromatic heterocycles. The summed E-state index contributed by atoms with van der Waals surface area (Å²) in [4.78, 5) is 12.2. The van der Waals surface area contributed by atoms with E-state index in [1.807, 2.05) is 29.8 Å². The van der Waals surface area contributed by atoms with Crippen LogP contribution in [0.25, 0.3) is 0 Å². The van der Waals surface area contributed by atoms with Crippen LogP contribution in [0.4, 0.5) is 10.1 Å². The van der Waals surface area contributed by atoms with Crippen molar-refractivity contribution in [2.45, 2.75) is 25.8 Å². The van der Waals surface area contributed by atoms with E-state index < -0.39 is 0 Å². The highest BCUT2D eigenvalue weighted by atomic mass is 35.5. The third-order valence-corrected chi connectivity index (χ3v) is 4.60. The Morgan fingerprint density at radius 2 is 2.23 bits per heavy atom. The van der Waals surface area contributed by atoms with Crippen LogP contribution in [-0.4, -0.2) is 12.5 Å². The molecule has 2 heterocycles. The third kappa shape index (κ3) is 3.32. The first-order valence-electron chi connectivity index (χ1n) is 7.00. The largest absolute Gasteiger partial charge is 0.323 e. The second kappa shape index (κ2) is 7.22. The van der Waals surface area contributed by atoms with Gasteiger partial charge in [-0.1, -0.05) is 6.07 Å². The molecule has 0 saturated carbocycles. The molecule has 1 unspecified atom stereocenters. The maximum atomic E-state index is 14.5. The fourth-order valence-electron chi connectivity index (χ4n) is 2.54. The van der Waals surface area contributed by atoms with Crippen LogP contribution in [0.1, 0.15) is 29.5 Å². The van der Waals surface area contributed by atoms with Crippen molar-refractivity contribution in [1.29, 1.82) is 0 Å². The van der Waals surface area contributed by atoms with Gasteiger partial charge in [0.15, 0.2) is 0 Å². The standard InChI is InChI=1S/C16H17FN2OS.ClH/c1-10(12-5-7-21-9-12)16(20)19-14-3-2-11-8-18-6-4-13(11)15(14)17;/h2-3,5,7,9-10,18H,4,6,8H2,1H3,(H,19,20);1H. The van der Waals surface area contributed by atoms with Gasteiger partial charge in [-0.15, -0.1) is 12.4 Å². The molecule has 0 saturated heterocycles. The molecule has 1 atom stereocenters. The van der Waals surface area contributed by atoms with Gasteiger partial charge in [-0.05, 0) is 59.5 Å². The SMILES string of the molecule is CC(C(=O)Nc1ccc2c(c1F)CCNC2)c1ccsc1.Cl. The van der Waals surface area contributed by atoms with E-state index in [2.05, 4.69) is 10.6 Å². The number of carbonyl (C=O) groups excluding carboxylic acids is 1. The second-order valence-electron chi connectivity index (χ2n) is 5.26. The Bertz CT molecular complexity index is 660. The maximum Gasteiger partial charge on any atom is 0.231 e. The molecule has 2 aromatic rings. The molecule has 3 nitrogen and oxygen atoms in total. The van der Waals surface area contributed by atoms with Gasteiger partial charge in [-0.3, -0.25) is 4.79 Å². The lowest BCUT2D eigenvalue weighted by Crippen LogP contribution is -2.25. The average molecular weight is 341 g/mol. The van der Waals surface area contributed by atoms with E-state index in [-0.39, 0.29) is 35.7 Å². The van der Waals surface area contributed by atoms with Crippen LogP contribution in [0.2, 0.25) is 0 Å². The molecule has 1 aliphatic heterocycles. The van der Waals surface area contributed by atoms with Crippen LogP contribution < -0.4 is 10.6 Å². The Labute approximate surface area is 139 Å². The zero-order valence-electron chi connectivity index (χ0n) is 12.2. The maximum absolute atomic E-state index is 14.5. The van der Waals surface area contributed by atoms with Gasteiger partial charge in [-0.25, -0.2) is 4.39 Å². The quantitative estimate of drug-likeness (QED) is 0.894. The molecule has 6 heteroatoms. The van der Waals surface area contributed by atoms with Gasteiger partial charge < -0.3 is 10.6 Å². The molecule has 1 aliphatic rings. The summed E-state index contributed by atoms with van der Waals surface area (Å²) in [5.41, 5.74) is 2.93. The van der Waals surface area contributed by atoms with Crippen molar-refractivity contribution in [2.24, 2.45) is 0 Å². The molecule has 1 aromatic carbocycles. The molecular formula is C16H18ClFN2OS. The van der Waals surface area contributed by atoms with Gasteiger partial charge >= 0.3 is 0 Å². The smallest absolute Gasteiger partial charge is 0.231 e. The lowest BCUT2D eigenvalue weighted by atomic mass is 9.99. The number of carbonyl (C=O) groups is 1.